The van der Waals surface area contributed by atoms with Gasteiger partial charge in [0.15, 0.2) is 5.82 Å². The summed E-state index contributed by atoms with van der Waals surface area (Å²) in [5.41, 5.74) is 0.511. The summed E-state index contributed by atoms with van der Waals surface area (Å²) in [5.74, 6) is -0.311. The summed E-state index contributed by atoms with van der Waals surface area (Å²) in [7, 11) is -3.90. The number of halogens is 4. The van der Waals surface area contributed by atoms with Crippen molar-refractivity contribution < 1.29 is 35.2 Å². The minimum atomic E-state index is -4.86. The zero-order valence-electron chi connectivity index (χ0n) is 18.2. The van der Waals surface area contributed by atoms with E-state index in [4.69, 9.17) is 4.52 Å². The molecule has 0 atom stereocenters. The van der Waals surface area contributed by atoms with E-state index in [0.29, 0.717) is 18.9 Å². The van der Waals surface area contributed by atoms with Gasteiger partial charge < -0.3 is 14.2 Å². The molecule has 0 amide bonds. The van der Waals surface area contributed by atoms with Crippen LogP contribution in [0.25, 0.3) is 0 Å². The van der Waals surface area contributed by atoms with Gasteiger partial charge in [-0.05, 0) is 54.8 Å². The molecule has 2 aromatic carbocycles. The van der Waals surface area contributed by atoms with Gasteiger partial charge in [0.2, 0.25) is 10.0 Å². The Bertz CT molecular complexity index is 1300. The molecule has 35 heavy (non-hydrogen) atoms. The zero-order chi connectivity index (χ0) is 24.8. The van der Waals surface area contributed by atoms with Crippen molar-refractivity contribution in [3.63, 3.8) is 0 Å². The Morgan fingerprint density at radius 2 is 1.57 bits per heavy atom. The maximum absolute atomic E-state index is 13.3. The van der Waals surface area contributed by atoms with E-state index in [2.05, 4.69) is 14.9 Å². The van der Waals surface area contributed by atoms with Crippen LogP contribution in [0.4, 0.5) is 23.6 Å². The van der Waals surface area contributed by atoms with Gasteiger partial charge >= 0.3 is 12.4 Å². The van der Waals surface area contributed by atoms with Crippen molar-refractivity contribution in [2.45, 2.75) is 29.5 Å². The lowest BCUT2D eigenvalue weighted by molar-refractivity contribution is -0.274. The van der Waals surface area contributed by atoms with Crippen molar-refractivity contribution in [3.05, 3.63) is 65.7 Å². The first-order chi connectivity index (χ1) is 16.6. The van der Waals surface area contributed by atoms with Crippen LogP contribution < -0.4 is 9.64 Å². The van der Waals surface area contributed by atoms with E-state index in [1.54, 1.807) is 17.0 Å². The largest absolute Gasteiger partial charge is 0.573 e. The van der Waals surface area contributed by atoms with E-state index in [0.717, 1.165) is 42.7 Å². The van der Waals surface area contributed by atoms with Crippen LogP contribution in [-0.4, -0.2) is 55.4 Å². The molecule has 3 aromatic rings. The first-order valence-electron chi connectivity index (χ1n) is 10.8. The molecule has 0 radical (unpaired) electrons. The third kappa shape index (κ3) is 4.69. The molecule has 1 saturated heterocycles. The molecule has 2 aliphatic rings. The smallest absolute Gasteiger partial charge is 0.406 e. The molecule has 1 aromatic heterocycles. The molecule has 13 heteroatoms. The summed E-state index contributed by atoms with van der Waals surface area (Å²) in [6, 6.07) is 10.6. The number of rotatable bonds is 6. The number of alkyl halides is 3. The van der Waals surface area contributed by atoms with E-state index < -0.39 is 27.6 Å². The summed E-state index contributed by atoms with van der Waals surface area (Å²) in [4.78, 5) is 6.18. The molecule has 1 aliphatic heterocycles. The highest BCUT2D eigenvalue weighted by atomic mass is 32.2. The number of ether oxygens (including phenoxy) is 1. The van der Waals surface area contributed by atoms with Crippen molar-refractivity contribution >= 4 is 16.0 Å². The standard InChI is InChI=1S/C22H20F4N4O4S/c23-16-3-1-15(2-4-16)21(9-10-21)19-27-20(34-28-19)29-11-13-30(14-12-29)35(31,32)18-7-5-17(6-8-18)33-22(24,25)26/h1-8H,9-14H2. The summed E-state index contributed by atoms with van der Waals surface area (Å²) < 4.78 is 86.6. The summed E-state index contributed by atoms with van der Waals surface area (Å²) in [6.07, 6.45) is -3.23. The van der Waals surface area contributed by atoms with Gasteiger partial charge in [-0.15, -0.1) is 13.2 Å². The number of piperazine rings is 1. The fourth-order valence-corrected chi connectivity index (χ4v) is 5.58. The number of hydrogen-bond donors (Lipinski definition) is 0. The second kappa shape index (κ2) is 8.48. The average Bonchev–Trinajstić information content (AvgIpc) is 3.47. The summed E-state index contributed by atoms with van der Waals surface area (Å²) in [6.45, 7) is 0.841. The van der Waals surface area contributed by atoms with Crippen LogP contribution in [0.2, 0.25) is 0 Å². The molecule has 5 rings (SSSR count). The van der Waals surface area contributed by atoms with Crippen molar-refractivity contribution in [3.8, 4) is 5.75 Å². The van der Waals surface area contributed by atoms with Crippen LogP contribution in [0.15, 0.2) is 57.9 Å². The molecule has 0 bridgehead atoms. The summed E-state index contributed by atoms with van der Waals surface area (Å²) >= 11 is 0. The molecule has 1 saturated carbocycles. The lowest BCUT2D eigenvalue weighted by atomic mass is 9.95. The first kappa shape index (κ1) is 23.5. The van der Waals surface area contributed by atoms with Crippen molar-refractivity contribution in [2.24, 2.45) is 0 Å². The highest BCUT2D eigenvalue weighted by Crippen LogP contribution is 2.52. The Balaban J connectivity index is 1.24. The fourth-order valence-electron chi connectivity index (χ4n) is 4.16. The molecular weight excluding hydrogens is 492 g/mol. The predicted molar refractivity (Wildman–Crippen MR) is 115 cm³/mol. The normalized spacial score (nSPS) is 18.5. The van der Waals surface area contributed by atoms with Gasteiger partial charge in [0.05, 0.1) is 10.3 Å². The van der Waals surface area contributed by atoms with Crippen LogP contribution in [0.1, 0.15) is 24.2 Å². The Morgan fingerprint density at radius 3 is 2.14 bits per heavy atom. The molecule has 8 nitrogen and oxygen atoms in total. The van der Waals surface area contributed by atoms with Gasteiger partial charge in [-0.1, -0.05) is 17.3 Å². The summed E-state index contributed by atoms with van der Waals surface area (Å²) in [5, 5.41) is 4.13. The topological polar surface area (TPSA) is 88.8 Å². The monoisotopic (exact) mass is 512 g/mol. The zero-order valence-corrected chi connectivity index (χ0v) is 19.0. The highest BCUT2D eigenvalue weighted by Gasteiger charge is 2.50. The number of anilines is 1. The molecule has 2 heterocycles. The van der Waals surface area contributed by atoms with Gasteiger partial charge in [-0.3, -0.25) is 0 Å². The third-order valence-electron chi connectivity index (χ3n) is 6.19. The lowest BCUT2D eigenvalue weighted by Gasteiger charge is -2.32. The minimum absolute atomic E-state index is 0.129. The van der Waals surface area contributed by atoms with Crippen LogP contribution in [-0.2, 0) is 15.4 Å². The minimum Gasteiger partial charge on any atom is -0.406 e. The van der Waals surface area contributed by atoms with Crippen LogP contribution in [0.3, 0.4) is 0 Å². The number of aromatic nitrogens is 2. The van der Waals surface area contributed by atoms with E-state index in [9.17, 15) is 26.0 Å². The van der Waals surface area contributed by atoms with Crippen molar-refractivity contribution in [1.82, 2.24) is 14.4 Å². The highest BCUT2D eigenvalue weighted by molar-refractivity contribution is 7.89. The Labute approximate surface area is 198 Å². The number of benzene rings is 2. The Morgan fingerprint density at radius 1 is 0.943 bits per heavy atom. The molecule has 1 aliphatic carbocycles. The second-order valence-corrected chi connectivity index (χ2v) is 10.3. The fraction of sp³-hybridized carbons (Fsp3) is 0.364. The predicted octanol–water partition coefficient (Wildman–Crippen LogP) is 3.70. The molecule has 0 unspecified atom stereocenters. The SMILES string of the molecule is O=S(=O)(c1ccc(OC(F)(F)F)cc1)N1CCN(c2nc(C3(c4ccc(F)cc4)CC3)no2)CC1. The van der Waals surface area contributed by atoms with Crippen LogP contribution in [0.5, 0.6) is 5.75 Å². The van der Waals surface area contributed by atoms with E-state index in [-0.39, 0.29) is 29.8 Å². The molecular formula is C22H20F4N4O4S. The molecule has 0 N–H and O–H groups in total. The number of sulfonamides is 1. The van der Waals surface area contributed by atoms with E-state index in [1.165, 1.54) is 16.4 Å². The maximum atomic E-state index is 13.3. The second-order valence-electron chi connectivity index (χ2n) is 8.40. The quantitative estimate of drug-likeness (QED) is 0.466. The third-order valence-corrected chi connectivity index (χ3v) is 8.11. The van der Waals surface area contributed by atoms with Crippen LogP contribution >= 0.6 is 0 Å². The van der Waals surface area contributed by atoms with Gasteiger partial charge in [-0.25, -0.2) is 12.8 Å². The Hall–Kier alpha value is -3.19. The van der Waals surface area contributed by atoms with Crippen LogP contribution in [0, 0.1) is 5.82 Å². The van der Waals surface area contributed by atoms with Crippen molar-refractivity contribution in [1.29, 1.82) is 0 Å². The van der Waals surface area contributed by atoms with E-state index in [1.807, 2.05) is 0 Å². The Kier molecular flexibility index (Phi) is 5.71. The lowest BCUT2D eigenvalue weighted by Crippen LogP contribution is -2.48. The van der Waals surface area contributed by atoms with Gasteiger partial charge in [0.1, 0.15) is 11.6 Å². The number of nitrogens with zero attached hydrogens (tertiary/aromatic N) is 4. The van der Waals surface area contributed by atoms with Gasteiger partial charge in [-0.2, -0.15) is 9.29 Å². The number of hydrogen-bond acceptors (Lipinski definition) is 7. The molecule has 0 spiro atoms. The molecule has 186 valence electrons. The van der Waals surface area contributed by atoms with Gasteiger partial charge in [0.25, 0.3) is 0 Å². The molecule has 2 fully saturated rings. The average molecular weight is 512 g/mol. The first-order valence-corrected chi connectivity index (χ1v) is 12.2. The van der Waals surface area contributed by atoms with Crippen molar-refractivity contribution in [2.75, 3.05) is 31.1 Å². The maximum Gasteiger partial charge on any atom is 0.573 e. The van der Waals surface area contributed by atoms with Gasteiger partial charge in [0, 0.05) is 26.2 Å². The van der Waals surface area contributed by atoms with E-state index >= 15 is 0 Å².